The number of amides is 1. The summed E-state index contributed by atoms with van der Waals surface area (Å²) in [4.78, 5) is 39.0. The minimum Gasteiger partial charge on any atom is -0.488 e. The van der Waals surface area contributed by atoms with Gasteiger partial charge >= 0.3 is 5.69 Å². The van der Waals surface area contributed by atoms with Crippen molar-refractivity contribution in [3.05, 3.63) is 88.1 Å². The van der Waals surface area contributed by atoms with Crippen LogP contribution in [0.25, 0.3) is 27.7 Å². The number of carbonyl (C=O) groups is 1. The lowest BCUT2D eigenvalue weighted by molar-refractivity contribution is -0.128. The molecule has 11 heteroatoms. The molecule has 0 aliphatic carbocycles. The molecule has 2 aliphatic heterocycles. The van der Waals surface area contributed by atoms with Gasteiger partial charge in [0, 0.05) is 42.3 Å². The molecule has 1 atom stereocenters. The van der Waals surface area contributed by atoms with Gasteiger partial charge in [-0.05, 0) is 42.7 Å². The number of hydrogen-bond acceptors (Lipinski definition) is 7. The molecule has 1 amide bonds. The first-order chi connectivity index (χ1) is 21.2. The number of fused-ring (bicyclic) bond motifs is 4. The fourth-order valence-corrected chi connectivity index (χ4v) is 6.24. The minimum atomic E-state index is -0.823. The Bertz CT molecular complexity index is 1950. The Morgan fingerprint density at radius 3 is 2.77 bits per heavy atom. The zero-order chi connectivity index (χ0) is 31.3. The largest absolute Gasteiger partial charge is 0.488 e. The van der Waals surface area contributed by atoms with E-state index >= 15 is 8.78 Å². The van der Waals surface area contributed by atoms with Crippen molar-refractivity contribution < 1.29 is 18.3 Å². The predicted octanol–water partition coefficient (Wildman–Crippen LogP) is 5.17. The van der Waals surface area contributed by atoms with E-state index in [-0.39, 0.29) is 78.1 Å². The topological polar surface area (TPSA) is 104 Å². The van der Waals surface area contributed by atoms with Gasteiger partial charge in [0.25, 0.3) is 0 Å². The van der Waals surface area contributed by atoms with Gasteiger partial charge in [0.1, 0.15) is 24.0 Å². The molecule has 44 heavy (non-hydrogen) atoms. The fourth-order valence-electron chi connectivity index (χ4n) is 6.24. The molecule has 1 unspecified atom stereocenters. The number of anilines is 1. The van der Waals surface area contributed by atoms with E-state index in [1.165, 1.54) is 16.7 Å². The Balaban J connectivity index is 1.67. The normalized spacial score (nSPS) is 15.9. The lowest BCUT2D eigenvalue weighted by atomic mass is 9.94. The third kappa shape index (κ3) is 4.58. The molecule has 0 bridgehead atoms. The molecule has 0 N–H and O–H groups in total. The summed E-state index contributed by atoms with van der Waals surface area (Å²) in [5.74, 6) is -1.53. The van der Waals surface area contributed by atoms with Gasteiger partial charge in [-0.1, -0.05) is 32.6 Å². The highest BCUT2D eigenvalue weighted by Gasteiger charge is 2.34. The summed E-state index contributed by atoms with van der Waals surface area (Å²) < 4.78 is 39.7. The Morgan fingerprint density at radius 1 is 1.25 bits per heavy atom. The highest BCUT2D eigenvalue weighted by molar-refractivity contribution is 5.98. The molecule has 4 heterocycles. The Labute approximate surface area is 252 Å². The molecule has 224 valence electrons. The first-order valence-electron chi connectivity index (χ1n) is 14.4. The van der Waals surface area contributed by atoms with Crippen LogP contribution in [0.1, 0.15) is 43.0 Å². The fraction of sp³-hybridized carbons (Fsp3) is 0.303. The highest BCUT2D eigenvalue weighted by Crippen LogP contribution is 2.45. The van der Waals surface area contributed by atoms with Crippen molar-refractivity contribution in [3.8, 4) is 28.6 Å². The number of hydrogen-bond donors (Lipinski definition) is 0. The van der Waals surface area contributed by atoms with Crippen LogP contribution >= 0.6 is 0 Å². The van der Waals surface area contributed by atoms with Crippen molar-refractivity contribution in [3.63, 3.8) is 0 Å². The van der Waals surface area contributed by atoms with Crippen LogP contribution in [0.15, 0.2) is 54.0 Å². The number of pyridine rings is 1. The molecule has 4 aromatic rings. The average Bonchev–Trinajstić information content (AvgIpc) is 3.01. The molecular formula is C33H30F2N6O3. The summed E-state index contributed by atoms with van der Waals surface area (Å²) in [7, 11) is 0. The molecule has 0 radical (unpaired) electrons. The number of benzene rings is 2. The molecule has 1 saturated heterocycles. The van der Waals surface area contributed by atoms with E-state index in [0.29, 0.717) is 22.5 Å². The van der Waals surface area contributed by atoms with Gasteiger partial charge in [0.2, 0.25) is 5.91 Å². The van der Waals surface area contributed by atoms with E-state index in [4.69, 9.17) is 4.74 Å². The van der Waals surface area contributed by atoms with E-state index < -0.39 is 23.4 Å². The van der Waals surface area contributed by atoms with Gasteiger partial charge in [-0.25, -0.2) is 13.6 Å². The van der Waals surface area contributed by atoms with Gasteiger partial charge in [0.05, 0.1) is 41.0 Å². The van der Waals surface area contributed by atoms with Crippen LogP contribution < -0.4 is 15.3 Å². The van der Waals surface area contributed by atoms with E-state index in [2.05, 4.69) is 22.6 Å². The molecule has 9 nitrogen and oxygen atoms in total. The van der Waals surface area contributed by atoms with Crippen LogP contribution in [0.4, 0.5) is 14.6 Å². The molecule has 0 spiro atoms. The number of nitrogens with zero attached hydrogens (tertiary/aromatic N) is 6. The van der Waals surface area contributed by atoms with Crippen LogP contribution in [0.5, 0.6) is 5.75 Å². The number of carbonyl (C=O) groups excluding carboxylic acids is 1. The molecule has 1 fully saturated rings. The SMILES string of the molecule is C=CC(=O)N1CCN(c2nc(=O)n(-c3c(C)ccnc3C(C)C)c3c(F)c4c(cc23)OCc2cccc(F)c2-4)CC1CC#N. The van der Waals surface area contributed by atoms with Crippen LogP contribution in [0.2, 0.25) is 0 Å². The Morgan fingerprint density at radius 2 is 2.05 bits per heavy atom. The Kier molecular flexibility index (Phi) is 7.37. The standard InChI is InChI=1S/C33H30F2N6O3/c1-5-25(42)40-14-13-39(16-21(40)9-11-36)32-22-15-24-27(26-20(17-44-24)7-6-8-23(26)34)28(35)31(22)41(33(43)38-32)30-19(4)10-12-37-29(30)18(2)3/h5-8,10,12,15,18,21H,1,9,13-14,16-17H2,2-4H3. The van der Waals surface area contributed by atoms with E-state index in [1.807, 2.05) is 20.8 Å². The number of aryl methyl sites for hydroxylation is 1. The number of nitriles is 1. The van der Waals surface area contributed by atoms with E-state index in [1.54, 1.807) is 40.3 Å². The van der Waals surface area contributed by atoms with Crippen molar-refractivity contribution in [1.29, 1.82) is 5.26 Å². The summed E-state index contributed by atoms with van der Waals surface area (Å²) in [6, 6.07) is 9.44. The summed E-state index contributed by atoms with van der Waals surface area (Å²) in [6.07, 6.45) is 2.88. The molecule has 2 aromatic carbocycles. The highest BCUT2D eigenvalue weighted by atomic mass is 19.1. The molecule has 2 aliphatic rings. The van der Waals surface area contributed by atoms with Crippen molar-refractivity contribution in [2.45, 2.75) is 45.8 Å². The van der Waals surface area contributed by atoms with Crippen LogP contribution in [0.3, 0.4) is 0 Å². The van der Waals surface area contributed by atoms with E-state index in [0.717, 1.165) is 0 Å². The van der Waals surface area contributed by atoms with E-state index in [9.17, 15) is 14.9 Å². The van der Waals surface area contributed by atoms with Crippen molar-refractivity contribution in [2.75, 3.05) is 24.5 Å². The van der Waals surface area contributed by atoms with Gasteiger partial charge in [-0.3, -0.25) is 14.3 Å². The molecule has 0 saturated carbocycles. The maximum atomic E-state index is 17.2. The van der Waals surface area contributed by atoms with Gasteiger partial charge in [-0.15, -0.1) is 0 Å². The lowest BCUT2D eigenvalue weighted by Gasteiger charge is -2.41. The number of ether oxygens (including phenoxy) is 1. The zero-order valence-electron chi connectivity index (χ0n) is 24.6. The smallest absolute Gasteiger partial charge is 0.354 e. The molecular weight excluding hydrogens is 566 g/mol. The van der Waals surface area contributed by atoms with Crippen LogP contribution in [-0.4, -0.2) is 51.0 Å². The molecule has 6 rings (SSSR count). The first-order valence-corrected chi connectivity index (χ1v) is 14.4. The monoisotopic (exact) mass is 596 g/mol. The Hall–Kier alpha value is -5.11. The third-order valence-corrected chi connectivity index (χ3v) is 8.29. The van der Waals surface area contributed by atoms with Crippen LogP contribution in [0, 0.1) is 29.9 Å². The second-order valence-electron chi connectivity index (χ2n) is 11.3. The maximum Gasteiger partial charge on any atom is 0.354 e. The zero-order valence-corrected chi connectivity index (χ0v) is 24.6. The second kappa shape index (κ2) is 11.2. The lowest BCUT2D eigenvalue weighted by Crippen LogP contribution is -2.55. The average molecular weight is 597 g/mol. The van der Waals surface area contributed by atoms with Gasteiger partial charge in [0.15, 0.2) is 5.82 Å². The summed E-state index contributed by atoms with van der Waals surface area (Å²) >= 11 is 0. The first kappa shape index (κ1) is 29.0. The summed E-state index contributed by atoms with van der Waals surface area (Å²) in [5, 5.41) is 9.77. The van der Waals surface area contributed by atoms with Crippen LogP contribution in [-0.2, 0) is 11.4 Å². The van der Waals surface area contributed by atoms with Crippen molar-refractivity contribution in [1.82, 2.24) is 19.4 Å². The summed E-state index contributed by atoms with van der Waals surface area (Å²) in [5.41, 5.74) is 1.35. The maximum absolute atomic E-state index is 17.2. The number of piperazine rings is 1. The van der Waals surface area contributed by atoms with Crippen molar-refractivity contribution in [2.24, 2.45) is 0 Å². The minimum absolute atomic E-state index is 0.0409. The quantitative estimate of drug-likeness (QED) is 0.293. The second-order valence-corrected chi connectivity index (χ2v) is 11.3. The van der Waals surface area contributed by atoms with Gasteiger partial charge in [-0.2, -0.15) is 10.2 Å². The number of aromatic nitrogens is 3. The number of halogens is 2. The predicted molar refractivity (Wildman–Crippen MR) is 162 cm³/mol. The molecule has 2 aromatic heterocycles. The van der Waals surface area contributed by atoms with Gasteiger partial charge < -0.3 is 14.5 Å². The third-order valence-electron chi connectivity index (χ3n) is 8.29. The summed E-state index contributed by atoms with van der Waals surface area (Å²) in [6.45, 7) is 9.97. The van der Waals surface area contributed by atoms with Crippen molar-refractivity contribution >= 4 is 22.6 Å². The number of rotatable bonds is 5.